The van der Waals surface area contributed by atoms with Crippen molar-refractivity contribution in [1.29, 1.82) is 0 Å². The molecule has 2 aromatic heterocycles. The molecule has 1 aromatic carbocycles. The van der Waals surface area contributed by atoms with E-state index in [0.29, 0.717) is 11.4 Å². The highest BCUT2D eigenvalue weighted by Gasteiger charge is 2.11. The van der Waals surface area contributed by atoms with E-state index in [1.807, 2.05) is 29.1 Å². The lowest BCUT2D eigenvalue weighted by atomic mass is 10.1. The summed E-state index contributed by atoms with van der Waals surface area (Å²) in [6.07, 6.45) is 5.02. The Hall–Kier alpha value is -2.95. The van der Waals surface area contributed by atoms with Crippen molar-refractivity contribution in [3.05, 3.63) is 78.2 Å². The summed E-state index contributed by atoms with van der Waals surface area (Å²) in [4.78, 5) is 16.0. The van der Waals surface area contributed by atoms with Crippen LogP contribution in [-0.4, -0.2) is 20.7 Å². The van der Waals surface area contributed by atoms with Crippen LogP contribution in [0.5, 0.6) is 0 Å². The largest absolute Gasteiger partial charge is 0.305 e. The fraction of sp³-hybridized carbons (Fsp3) is 0.118. The topological polar surface area (TPSA) is 59.8 Å². The zero-order chi connectivity index (χ0) is 15.4. The molecule has 0 radical (unpaired) electrons. The van der Waals surface area contributed by atoms with E-state index in [1.165, 1.54) is 6.20 Å². The van der Waals surface area contributed by atoms with E-state index in [-0.39, 0.29) is 11.9 Å². The minimum absolute atomic E-state index is 0.102. The fourth-order valence-electron chi connectivity index (χ4n) is 2.19. The second kappa shape index (κ2) is 6.22. The molecular weight excluding hydrogens is 276 g/mol. The first-order valence-electron chi connectivity index (χ1n) is 7.05. The molecule has 0 bridgehead atoms. The van der Waals surface area contributed by atoms with E-state index in [1.54, 1.807) is 24.4 Å². The van der Waals surface area contributed by atoms with E-state index in [9.17, 15) is 4.79 Å². The molecular formula is C17H16N4O. The average molecular weight is 292 g/mol. The molecule has 1 N–H and O–H groups in total. The SMILES string of the molecule is C[C@@H](c1ccccc1)n1ccc(NC(=O)c2cccnc2)n1. The Balaban J connectivity index is 1.73. The first-order chi connectivity index (χ1) is 10.7. The van der Waals surface area contributed by atoms with Crippen LogP contribution >= 0.6 is 0 Å². The Kier molecular flexibility index (Phi) is 3.96. The normalized spacial score (nSPS) is 11.9. The zero-order valence-corrected chi connectivity index (χ0v) is 12.2. The van der Waals surface area contributed by atoms with E-state index in [4.69, 9.17) is 0 Å². The quantitative estimate of drug-likeness (QED) is 0.803. The molecule has 0 aliphatic heterocycles. The summed E-state index contributed by atoms with van der Waals surface area (Å²) in [7, 11) is 0. The van der Waals surface area contributed by atoms with Gasteiger partial charge in [-0.25, -0.2) is 0 Å². The van der Waals surface area contributed by atoms with Crippen LogP contribution in [0.15, 0.2) is 67.1 Å². The molecule has 0 aliphatic carbocycles. The lowest BCUT2D eigenvalue weighted by Gasteiger charge is -2.12. The highest BCUT2D eigenvalue weighted by molar-refractivity contribution is 6.03. The molecule has 1 amide bonds. The molecule has 2 heterocycles. The van der Waals surface area contributed by atoms with Crippen molar-refractivity contribution in [1.82, 2.24) is 14.8 Å². The first kappa shape index (κ1) is 14.0. The number of benzene rings is 1. The third-order valence-electron chi connectivity index (χ3n) is 3.45. The molecule has 0 spiro atoms. The molecule has 0 saturated carbocycles. The predicted molar refractivity (Wildman–Crippen MR) is 84.7 cm³/mol. The van der Waals surface area contributed by atoms with Crippen LogP contribution in [0.4, 0.5) is 5.82 Å². The summed E-state index contributed by atoms with van der Waals surface area (Å²) in [6, 6.07) is 15.4. The summed E-state index contributed by atoms with van der Waals surface area (Å²) in [5.41, 5.74) is 1.67. The van der Waals surface area contributed by atoms with Crippen LogP contribution in [0.2, 0.25) is 0 Å². The lowest BCUT2D eigenvalue weighted by molar-refractivity contribution is 0.102. The van der Waals surface area contributed by atoms with E-state index < -0.39 is 0 Å². The monoisotopic (exact) mass is 292 g/mol. The van der Waals surface area contributed by atoms with Gasteiger partial charge in [-0.2, -0.15) is 5.10 Å². The summed E-state index contributed by atoms with van der Waals surface area (Å²) in [5, 5.41) is 7.19. The number of pyridine rings is 1. The molecule has 3 rings (SSSR count). The van der Waals surface area contributed by atoms with Gasteiger partial charge in [0, 0.05) is 24.7 Å². The van der Waals surface area contributed by atoms with Gasteiger partial charge in [0.25, 0.3) is 5.91 Å². The van der Waals surface area contributed by atoms with Gasteiger partial charge in [-0.15, -0.1) is 0 Å². The lowest BCUT2D eigenvalue weighted by Crippen LogP contribution is -2.13. The van der Waals surface area contributed by atoms with Crippen LogP contribution < -0.4 is 5.32 Å². The summed E-state index contributed by atoms with van der Waals surface area (Å²) in [5.74, 6) is 0.308. The molecule has 0 aliphatic rings. The first-order valence-corrected chi connectivity index (χ1v) is 7.05. The predicted octanol–water partition coefficient (Wildman–Crippen LogP) is 3.14. The molecule has 1 atom stereocenters. The highest BCUT2D eigenvalue weighted by atomic mass is 16.1. The molecule has 110 valence electrons. The smallest absolute Gasteiger partial charge is 0.258 e. The average Bonchev–Trinajstić information content (AvgIpc) is 3.04. The van der Waals surface area contributed by atoms with Gasteiger partial charge in [-0.05, 0) is 24.6 Å². The summed E-state index contributed by atoms with van der Waals surface area (Å²) in [6.45, 7) is 2.06. The second-order valence-electron chi connectivity index (χ2n) is 4.96. The van der Waals surface area contributed by atoms with Crippen molar-refractivity contribution in [3.8, 4) is 0 Å². The maximum Gasteiger partial charge on any atom is 0.258 e. The maximum atomic E-state index is 12.1. The fourth-order valence-corrected chi connectivity index (χ4v) is 2.19. The van der Waals surface area contributed by atoms with Crippen LogP contribution in [0.3, 0.4) is 0 Å². The molecule has 3 aromatic rings. The van der Waals surface area contributed by atoms with Gasteiger partial charge in [0.2, 0.25) is 0 Å². The Bertz CT molecular complexity index is 753. The Morgan fingerprint density at radius 2 is 1.95 bits per heavy atom. The van der Waals surface area contributed by atoms with Gasteiger partial charge >= 0.3 is 0 Å². The van der Waals surface area contributed by atoms with Gasteiger partial charge in [-0.3, -0.25) is 14.5 Å². The van der Waals surface area contributed by atoms with Crippen molar-refractivity contribution in [2.45, 2.75) is 13.0 Å². The van der Waals surface area contributed by atoms with Gasteiger partial charge in [0.05, 0.1) is 11.6 Å². The second-order valence-corrected chi connectivity index (χ2v) is 4.96. The number of aromatic nitrogens is 3. The molecule has 22 heavy (non-hydrogen) atoms. The maximum absolute atomic E-state index is 12.1. The summed E-state index contributed by atoms with van der Waals surface area (Å²) >= 11 is 0. The van der Waals surface area contributed by atoms with Crippen molar-refractivity contribution in [2.75, 3.05) is 5.32 Å². The van der Waals surface area contributed by atoms with Crippen LogP contribution in [0, 0.1) is 0 Å². The van der Waals surface area contributed by atoms with Gasteiger partial charge < -0.3 is 5.32 Å². The minimum atomic E-state index is -0.217. The van der Waals surface area contributed by atoms with Crippen molar-refractivity contribution >= 4 is 11.7 Å². The third-order valence-corrected chi connectivity index (χ3v) is 3.45. The minimum Gasteiger partial charge on any atom is -0.305 e. The number of carbonyl (C=O) groups is 1. The van der Waals surface area contributed by atoms with E-state index >= 15 is 0 Å². The number of nitrogens with zero attached hydrogens (tertiary/aromatic N) is 3. The van der Waals surface area contributed by atoms with Crippen LogP contribution in [0.1, 0.15) is 28.9 Å². The molecule has 5 nitrogen and oxygen atoms in total. The van der Waals surface area contributed by atoms with Gasteiger partial charge in [0.15, 0.2) is 5.82 Å². The van der Waals surface area contributed by atoms with Gasteiger partial charge in [0.1, 0.15) is 0 Å². The van der Waals surface area contributed by atoms with Gasteiger partial charge in [-0.1, -0.05) is 30.3 Å². The third kappa shape index (κ3) is 3.03. The van der Waals surface area contributed by atoms with E-state index in [0.717, 1.165) is 5.56 Å². The number of hydrogen-bond acceptors (Lipinski definition) is 3. The van der Waals surface area contributed by atoms with Crippen LogP contribution in [0.25, 0.3) is 0 Å². The summed E-state index contributed by atoms with van der Waals surface area (Å²) < 4.78 is 1.83. The Labute approximate surface area is 128 Å². The number of anilines is 1. The van der Waals surface area contributed by atoms with E-state index in [2.05, 4.69) is 34.5 Å². The highest BCUT2D eigenvalue weighted by Crippen LogP contribution is 2.18. The number of rotatable bonds is 4. The number of nitrogens with one attached hydrogen (secondary N) is 1. The molecule has 0 unspecified atom stereocenters. The number of carbonyl (C=O) groups excluding carboxylic acids is 1. The molecule has 0 fully saturated rings. The zero-order valence-electron chi connectivity index (χ0n) is 12.2. The molecule has 0 saturated heterocycles. The Morgan fingerprint density at radius 3 is 2.68 bits per heavy atom. The number of hydrogen-bond donors (Lipinski definition) is 1. The molecule has 5 heteroatoms. The Morgan fingerprint density at radius 1 is 1.14 bits per heavy atom. The van der Waals surface area contributed by atoms with Crippen molar-refractivity contribution < 1.29 is 4.79 Å². The standard InChI is InChI=1S/C17H16N4O/c1-13(14-6-3-2-4-7-14)21-11-9-16(20-21)19-17(22)15-8-5-10-18-12-15/h2-13H,1H3,(H,19,20,22)/t13-/m0/s1. The van der Waals surface area contributed by atoms with Crippen LogP contribution in [-0.2, 0) is 0 Å². The van der Waals surface area contributed by atoms with Crippen molar-refractivity contribution in [2.24, 2.45) is 0 Å². The van der Waals surface area contributed by atoms with Crippen molar-refractivity contribution in [3.63, 3.8) is 0 Å². The number of amides is 1.